The van der Waals surface area contributed by atoms with Crippen LogP contribution in [0.1, 0.15) is 13.8 Å². The minimum absolute atomic E-state index is 0.694. The van der Waals surface area contributed by atoms with E-state index in [0.29, 0.717) is 0 Å². The molecule has 70 valence electrons. The van der Waals surface area contributed by atoms with Crippen LogP contribution in [-0.2, 0) is 20.8 Å². The Morgan fingerprint density at radius 3 is 1.00 bits per heavy atom. The molecule has 0 saturated carbocycles. The Balaban J connectivity index is -0.0000000886. The van der Waals surface area contributed by atoms with Crippen molar-refractivity contribution in [2.24, 2.45) is 0 Å². The van der Waals surface area contributed by atoms with Gasteiger partial charge in [-0.1, -0.05) is 23.2 Å². The van der Waals surface area contributed by atoms with Crippen LogP contribution in [0.15, 0.2) is 0 Å². The molecular weight excluding hydrogens is 313 g/mol. The Kier molecular flexibility index (Phi) is 30.4. The summed E-state index contributed by atoms with van der Waals surface area (Å²) in [6.07, 6.45) is 0. The van der Waals surface area contributed by atoms with E-state index in [1.165, 1.54) is 13.8 Å². The molecule has 0 bridgehead atoms. The van der Waals surface area contributed by atoms with Crippen molar-refractivity contribution in [1.29, 1.82) is 0 Å². The van der Waals surface area contributed by atoms with Gasteiger partial charge >= 0.3 is 37.9 Å². The number of aliphatic hydroxyl groups is 2. The molecule has 0 aliphatic rings. The molecule has 2 atom stereocenters. The SMILES string of the molecule is CC(O)Cl.CC(O)Cl.[Cl][Zr][Cl]. The quantitative estimate of drug-likeness (QED) is 0.673. The van der Waals surface area contributed by atoms with Gasteiger partial charge in [-0.3, -0.25) is 0 Å². The van der Waals surface area contributed by atoms with E-state index in [-0.39, 0.29) is 0 Å². The van der Waals surface area contributed by atoms with Gasteiger partial charge in [-0.2, -0.15) is 0 Å². The van der Waals surface area contributed by atoms with Crippen LogP contribution in [0.3, 0.4) is 0 Å². The van der Waals surface area contributed by atoms with Crippen molar-refractivity contribution in [3.63, 3.8) is 0 Å². The van der Waals surface area contributed by atoms with Gasteiger partial charge in [-0.15, -0.1) is 0 Å². The van der Waals surface area contributed by atoms with E-state index in [4.69, 9.17) is 50.4 Å². The molecule has 0 aromatic rings. The first-order valence-electron chi connectivity index (χ1n) is 2.49. The Labute approximate surface area is 95.4 Å². The molecule has 0 aromatic heterocycles. The van der Waals surface area contributed by atoms with Crippen LogP contribution >= 0.6 is 40.2 Å². The third-order valence-corrected chi connectivity index (χ3v) is 0. The van der Waals surface area contributed by atoms with E-state index < -0.39 is 32.0 Å². The molecule has 0 aliphatic carbocycles. The second-order valence-electron chi connectivity index (χ2n) is 1.22. The number of aliphatic hydroxyl groups excluding tert-OH is 2. The Morgan fingerprint density at radius 2 is 1.00 bits per heavy atom. The van der Waals surface area contributed by atoms with E-state index in [1.54, 1.807) is 0 Å². The van der Waals surface area contributed by atoms with E-state index in [2.05, 4.69) is 0 Å². The van der Waals surface area contributed by atoms with E-state index >= 15 is 0 Å². The summed E-state index contributed by atoms with van der Waals surface area (Å²) in [5, 5.41) is 15.6. The van der Waals surface area contributed by atoms with E-state index in [0.717, 1.165) is 0 Å². The second kappa shape index (κ2) is 17.9. The molecule has 0 heterocycles. The molecule has 2 unspecified atom stereocenters. The first-order valence-corrected chi connectivity index (χ1v) is 9.69. The summed E-state index contributed by atoms with van der Waals surface area (Å²) in [6.45, 7) is 2.98. The molecule has 0 aromatic carbocycles. The standard InChI is InChI=1S/2C2H5ClO.2ClH.Zr/c2*1-2(3)4;;;/h2*2,4H,1H3;2*1H;/q;;;;+2/p-2. The van der Waals surface area contributed by atoms with Crippen LogP contribution in [0.4, 0.5) is 0 Å². The first-order chi connectivity index (χ1) is 4.88. The molecule has 0 fully saturated rings. The molecular formula is C4H10Cl4O2Zr. The van der Waals surface area contributed by atoms with Crippen molar-refractivity contribution >= 4 is 40.2 Å². The predicted molar refractivity (Wildman–Crippen MR) is 46.8 cm³/mol. The number of hydrogen-bond acceptors (Lipinski definition) is 2. The van der Waals surface area contributed by atoms with E-state index in [1.807, 2.05) is 0 Å². The number of rotatable bonds is 0. The van der Waals surface area contributed by atoms with Gasteiger partial charge in [-0.05, 0) is 13.8 Å². The Morgan fingerprint density at radius 1 is 1.00 bits per heavy atom. The number of alkyl halides is 2. The van der Waals surface area contributed by atoms with Crippen LogP contribution in [0, 0.1) is 0 Å². The average molecular weight is 323 g/mol. The van der Waals surface area contributed by atoms with E-state index in [9.17, 15) is 0 Å². The molecule has 2 N–H and O–H groups in total. The summed E-state index contributed by atoms with van der Waals surface area (Å²) in [6, 6.07) is 0. The molecule has 0 saturated heterocycles. The Bertz CT molecular complexity index is 43.8. The molecule has 0 spiro atoms. The third-order valence-electron chi connectivity index (χ3n) is 0. The first kappa shape index (κ1) is 18.7. The summed E-state index contributed by atoms with van der Waals surface area (Å²) in [7, 11) is 9.87. The van der Waals surface area contributed by atoms with Gasteiger partial charge in [0.1, 0.15) is 11.1 Å². The maximum atomic E-state index is 7.82. The van der Waals surface area contributed by atoms with Gasteiger partial charge in [0.2, 0.25) is 0 Å². The van der Waals surface area contributed by atoms with Crippen molar-refractivity contribution < 1.29 is 31.1 Å². The second-order valence-corrected chi connectivity index (χ2v) is 6.21. The topological polar surface area (TPSA) is 40.5 Å². The van der Waals surface area contributed by atoms with Crippen molar-refractivity contribution in [3.8, 4) is 0 Å². The monoisotopic (exact) mass is 320 g/mol. The fourth-order valence-corrected chi connectivity index (χ4v) is 0. The van der Waals surface area contributed by atoms with Crippen LogP contribution in [-0.4, -0.2) is 21.3 Å². The van der Waals surface area contributed by atoms with Gasteiger partial charge in [0.15, 0.2) is 0 Å². The third kappa shape index (κ3) is 308. The normalized spacial score (nSPS) is 12.7. The van der Waals surface area contributed by atoms with Crippen LogP contribution in [0.25, 0.3) is 0 Å². The van der Waals surface area contributed by atoms with Crippen molar-refractivity contribution in [2.45, 2.75) is 25.0 Å². The van der Waals surface area contributed by atoms with Crippen molar-refractivity contribution in [2.75, 3.05) is 0 Å². The zero-order chi connectivity index (χ0) is 9.86. The summed E-state index contributed by atoms with van der Waals surface area (Å²) < 4.78 is 0. The average Bonchev–Trinajstić information content (AvgIpc) is 1.60. The van der Waals surface area contributed by atoms with Gasteiger partial charge in [-0.25, -0.2) is 0 Å². The summed E-state index contributed by atoms with van der Waals surface area (Å²) in [4.78, 5) is 0. The fourth-order valence-electron chi connectivity index (χ4n) is 0. The zero-order valence-corrected chi connectivity index (χ0v) is 11.5. The maximum absolute atomic E-state index is 7.82. The molecule has 0 rings (SSSR count). The van der Waals surface area contributed by atoms with Gasteiger partial charge < -0.3 is 10.2 Å². The van der Waals surface area contributed by atoms with Crippen molar-refractivity contribution in [3.05, 3.63) is 0 Å². The van der Waals surface area contributed by atoms with Gasteiger partial charge in [0, 0.05) is 0 Å². The summed E-state index contributed by atoms with van der Waals surface area (Å²) in [5.41, 5.74) is -1.39. The number of hydrogen-bond donors (Lipinski definition) is 2. The van der Waals surface area contributed by atoms with Crippen LogP contribution in [0.5, 0.6) is 0 Å². The summed E-state index contributed by atoms with van der Waals surface area (Å²) >= 11 is 8.83. The molecule has 2 nitrogen and oxygen atoms in total. The zero-order valence-electron chi connectivity index (χ0n) is 6.06. The van der Waals surface area contributed by atoms with Crippen LogP contribution < -0.4 is 0 Å². The van der Waals surface area contributed by atoms with Crippen LogP contribution in [0.2, 0.25) is 0 Å². The molecule has 0 radical (unpaired) electrons. The molecule has 0 aliphatic heterocycles. The Hall–Kier alpha value is 1.96. The number of halogens is 4. The van der Waals surface area contributed by atoms with Crippen molar-refractivity contribution in [1.82, 2.24) is 0 Å². The van der Waals surface area contributed by atoms with Gasteiger partial charge in [0.05, 0.1) is 0 Å². The summed E-state index contributed by atoms with van der Waals surface area (Å²) in [5.74, 6) is 0. The molecule has 7 heteroatoms. The molecule has 11 heavy (non-hydrogen) atoms. The van der Waals surface area contributed by atoms with Gasteiger partial charge in [0.25, 0.3) is 0 Å². The molecule has 0 amide bonds. The fraction of sp³-hybridized carbons (Fsp3) is 1.00. The minimum atomic E-state index is -0.826. The predicted octanol–water partition coefficient (Wildman–Crippen LogP) is 2.50.